The van der Waals surface area contributed by atoms with E-state index in [0.717, 1.165) is 10.9 Å². The molecule has 3 amide bonds. The van der Waals surface area contributed by atoms with Gasteiger partial charge >= 0.3 is 6.03 Å². The number of nitrogens with zero attached hydrogens (tertiary/aromatic N) is 5. The third kappa shape index (κ3) is 7.09. The van der Waals surface area contributed by atoms with Crippen LogP contribution in [0.5, 0.6) is 0 Å². The van der Waals surface area contributed by atoms with Gasteiger partial charge in [-0.3, -0.25) is 4.79 Å². The van der Waals surface area contributed by atoms with E-state index >= 15 is 4.39 Å². The molecule has 0 bridgehead atoms. The number of rotatable bonds is 7. The Balaban J connectivity index is 1.29. The Kier molecular flexibility index (Phi) is 9.02. The Bertz CT molecular complexity index is 2140. The highest BCUT2D eigenvalue weighted by atomic mass is 32.2. The zero-order valence-corrected chi connectivity index (χ0v) is 27.2. The zero-order valence-electron chi connectivity index (χ0n) is 26.4. The number of ether oxygens (including phenoxy) is 1. The first-order valence-electron chi connectivity index (χ1n) is 15.0. The molecule has 5 aromatic rings. The quantitative estimate of drug-likeness (QED) is 0.242. The summed E-state index contributed by atoms with van der Waals surface area (Å²) in [4.78, 5) is 42.1. The number of fused-ring (bicyclic) bond motifs is 1. The Morgan fingerprint density at radius 1 is 0.896 bits per heavy atom. The van der Waals surface area contributed by atoms with Gasteiger partial charge in [0.15, 0.2) is 15.7 Å². The van der Waals surface area contributed by atoms with Gasteiger partial charge in [-0.15, -0.1) is 0 Å². The van der Waals surface area contributed by atoms with Gasteiger partial charge in [0.2, 0.25) is 0 Å². The number of sulfone groups is 1. The van der Waals surface area contributed by atoms with Gasteiger partial charge in [-0.2, -0.15) is 0 Å². The number of halogens is 1. The van der Waals surface area contributed by atoms with E-state index < -0.39 is 21.7 Å². The SMILES string of the molecule is CN(C)C(=O)c1ccc(NC(=O)Nc2ccc(-c3nc(N4CCOCC4)c4ccc(-c5cccc(S(C)(=O)=O)c5)cc4n3)cc2F)cn1. The molecule has 0 aliphatic carbocycles. The first-order chi connectivity index (χ1) is 23.0. The summed E-state index contributed by atoms with van der Waals surface area (Å²) in [6, 6.07) is 19.0. The Morgan fingerprint density at radius 3 is 2.33 bits per heavy atom. The van der Waals surface area contributed by atoms with Gasteiger partial charge in [0.05, 0.1) is 41.2 Å². The largest absolute Gasteiger partial charge is 0.378 e. The smallest absolute Gasteiger partial charge is 0.323 e. The van der Waals surface area contributed by atoms with Crippen LogP contribution in [0.2, 0.25) is 0 Å². The molecule has 3 heterocycles. The Morgan fingerprint density at radius 2 is 1.65 bits per heavy atom. The number of anilines is 3. The third-order valence-corrected chi connectivity index (χ3v) is 8.82. The van der Waals surface area contributed by atoms with Crippen LogP contribution in [-0.4, -0.2) is 86.9 Å². The minimum atomic E-state index is -3.40. The molecule has 0 atom stereocenters. The monoisotopic (exact) mass is 669 g/mol. The van der Waals surface area contributed by atoms with E-state index in [1.165, 1.54) is 41.6 Å². The summed E-state index contributed by atoms with van der Waals surface area (Å²) in [5, 5.41) is 5.85. The predicted molar refractivity (Wildman–Crippen MR) is 181 cm³/mol. The van der Waals surface area contributed by atoms with E-state index in [1.54, 1.807) is 38.4 Å². The molecule has 14 heteroatoms. The molecule has 2 N–H and O–H groups in total. The molecule has 1 aliphatic heterocycles. The number of carbonyl (C=O) groups is 2. The van der Waals surface area contributed by atoms with Gasteiger partial charge in [0.25, 0.3) is 5.91 Å². The van der Waals surface area contributed by atoms with Crippen molar-refractivity contribution in [3.05, 3.63) is 90.5 Å². The number of amides is 3. The predicted octanol–water partition coefficient (Wildman–Crippen LogP) is 5.08. The highest BCUT2D eigenvalue weighted by Gasteiger charge is 2.20. The van der Waals surface area contributed by atoms with Crippen LogP contribution in [0.15, 0.2) is 83.9 Å². The second-order valence-electron chi connectivity index (χ2n) is 11.4. The minimum Gasteiger partial charge on any atom is -0.378 e. The zero-order chi connectivity index (χ0) is 34.0. The van der Waals surface area contributed by atoms with E-state index in [1.807, 2.05) is 24.3 Å². The molecule has 1 saturated heterocycles. The maximum atomic E-state index is 15.4. The molecular weight excluding hydrogens is 637 g/mol. The van der Waals surface area contributed by atoms with Crippen molar-refractivity contribution in [1.29, 1.82) is 0 Å². The second-order valence-corrected chi connectivity index (χ2v) is 13.4. The molecule has 3 aromatic carbocycles. The number of aromatic nitrogens is 3. The van der Waals surface area contributed by atoms with Crippen LogP contribution in [0.25, 0.3) is 33.4 Å². The van der Waals surface area contributed by atoms with E-state index in [-0.39, 0.29) is 28.0 Å². The van der Waals surface area contributed by atoms with Gasteiger partial charge in [-0.1, -0.05) is 18.2 Å². The Hall–Kier alpha value is -5.47. The van der Waals surface area contributed by atoms with Crippen molar-refractivity contribution in [2.24, 2.45) is 0 Å². The van der Waals surface area contributed by atoms with Gasteiger partial charge in [0.1, 0.15) is 17.3 Å². The van der Waals surface area contributed by atoms with Crippen molar-refractivity contribution in [3.63, 3.8) is 0 Å². The first-order valence-corrected chi connectivity index (χ1v) is 16.9. The topological polar surface area (TPSA) is 147 Å². The van der Waals surface area contributed by atoms with Crippen LogP contribution >= 0.6 is 0 Å². The fraction of sp³-hybridized carbons (Fsp3) is 0.206. The maximum absolute atomic E-state index is 15.4. The van der Waals surface area contributed by atoms with Crippen molar-refractivity contribution in [3.8, 4) is 22.5 Å². The van der Waals surface area contributed by atoms with Crippen molar-refractivity contribution >= 4 is 49.9 Å². The van der Waals surface area contributed by atoms with E-state index in [0.29, 0.717) is 54.5 Å². The summed E-state index contributed by atoms with van der Waals surface area (Å²) >= 11 is 0. The fourth-order valence-electron chi connectivity index (χ4n) is 5.21. The van der Waals surface area contributed by atoms with Crippen LogP contribution in [-0.2, 0) is 14.6 Å². The lowest BCUT2D eigenvalue weighted by molar-refractivity contribution is 0.0822. The average Bonchev–Trinajstić information content (AvgIpc) is 3.08. The average molecular weight is 670 g/mol. The minimum absolute atomic E-state index is 0.0640. The number of hydrogen-bond acceptors (Lipinski definition) is 9. The highest BCUT2D eigenvalue weighted by Crippen LogP contribution is 2.33. The molecule has 0 unspecified atom stereocenters. The Labute approximate surface area is 276 Å². The number of morpholine rings is 1. The summed E-state index contributed by atoms with van der Waals surface area (Å²) in [5.41, 5.74) is 2.94. The maximum Gasteiger partial charge on any atom is 0.323 e. The number of pyridine rings is 1. The van der Waals surface area contributed by atoms with Crippen LogP contribution in [0.3, 0.4) is 0 Å². The molecule has 0 spiro atoms. The summed E-state index contributed by atoms with van der Waals surface area (Å²) in [6.07, 6.45) is 2.51. The number of urea groups is 1. The summed E-state index contributed by atoms with van der Waals surface area (Å²) in [7, 11) is -0.182. The normalized spacial score (nSPS) is 13.3. The standard InChI is InChI=1S/C34H32FN7O5S/c1-41(2)33(43)29-12-9-24(20-36-29)37-34(44)39-28-11-8-23(18-27(28)35)31-38-30-19-22(21-5-4-6-25(17-21)48(3,45)46)7-10-26(30)32(40-31)42-13-15-47-16-14-42/h4-12,17-20H,13-16H2,1-3H3,(H2,37,39,44). The molecule has 2 aromatic heterocycles. The third-order valence-electron chi connectivity index (χ3n) is 7.71. The van der Waals surface area contributed by atoms with E-state index in [9.17, 15) is 18.0 Å². The van der Waals surface area contributed by atoms with Gasteiger partial charge in [-0.05, 0) is 65.7 Å². The second kappa shape index (κ2) is 13.3. The van der Waals surface area contributed by atoms with Gasteiger partial charge < -0.3 is 25.2 Å². The van der Waals surface area contributed by atoms with Crippen LogP contribution in [0.1, 0.15) is 10.5 Å². The number of nitrogens with one attached hydrogen (secondary N) is 2. The van der Waals surface area contributed by atoms with Crippen LogP contribution < -0.4 is 15.5 Å². The molecule has 48 heavy (non-hydrogen) atoms. The lowest BCUT2D eigenvalue weighted by Crippen LogP contribution is -2.37. The number of hydrogen-bond donors (Lipinski definition) is 2. The highest BCUT2D eigenvalue weighted by molar-refractivity contribution is 7.90. The molecule has 6 rings (SSSR count). The van der Waals surface area contributed by atoms with Gasteiger partial charge in [0, 0.05) is 44.4 Å². The van der Waals surface area contributed by atoms with Crippen molar-refractivity contribution in [1.82, 2.24) is 19.9 Å². The van der Waals surface area contributed by atoms with E-state index in [4.69, 9.17) is 14.7 Å². The van der Waals surface area contributed by atoms with Crippen LogP contribution in [0.4, 0.5) is 26.4 Å². The summed E-state index contributed by atoms with van der Waals surface area (Å²) in [6.45, 7) is 2.28. The number of carbonyl (C=O) groups excluding carboxylic acids is 2. The molecule has 0 radical (unpaired) electrons. The first kappa shape index (κ1) is 32.5. The molecular formula is C34H32FN7O5S. The summed E-state index contributed by atoms with van der Waals surface area (Å²) in [5.74, 6) is -0.0286. The molecule has 12 nitrogen and oxygen atoms in total. The van der Waals surface area contributed by atoms with Gasteiger partial charge in [-0.25, -0.2) is 32.6 Å². The fourth-order valence-corrected chi connectivity index (χ4v) is 5.87. The molecule has 246 valence electrons. The lowest BCUT2D eigenvalue weighted by Gasteiger charge is -2.29. The number of benzene rings is 3. The van der Waals surface area contributed by atoms with Crippen LogP contribution in [0, 0.1) is 5.82 Å². The van der Waals surface area contributed by atoms with Crippen molar-refractivity contribution in [2.75, 3.05) is 62.2 Å². The van der Waals surface area contributed by atoms with E-state index in [2.05, 4.69) is 20.5 Å². The molecule has 0 saturated carbocycles. The molecule has 1 fully saturated rings. The van der Waals surface area contributed by atoms with Crippen molar-refractivity contribution < 1.29 is 27.1 Å². The van der Waals surface area contributed by atoms with Crippen molar-refractivity contribution in [2.45, 2.75) is 4.90 Å². The summed E-state index contributed by atoms with van der Waals surface area (Å²) < 4.78 is 45.3. The molecule has 1 aliphatic rings. The lowest BCUT2D eigenvalue weighted by atomic mass is 10.0.